The van der Waals surface area contributed by atoms with Crippen molar-refractivity contribution >= 4 is 5.91 Å². The largest absolute Gasteiger partial charge is 0.493 e. The fraction of sp³-hybridized carbons (Fsp3) is 0.350. The van der Waals surface area contributed by atoms with Crippen molar-refractivity contribution in [3.63, 3.8) is 0 Å². The SMILES string of the molecule is O=C(COc1ccccc1)N1CCC(COc2ccccc2)CC1. The fourth-order valence-electron chi connectivity index (χ4n) is 2.83. The van der Waals surface area contributed by atoms with Gasteiger partial charge in [-0.05, 0) is 43.0 Å². The van der Waals surface area contributed by atoms with Crippen molar-refractivity contribution in [2.24, 2.45) is 5.92 Å². The summed E-state index contributed by atoms with van der Waals surface area (Å²) in [6.45, 7) is 2.38. The van der Waals surface area contributed by atoms with Gasteiger partial charge in [-0.15, -0.1) is 0 Å². The van der Waals surface area contributed by atoms with Gasteiger partial charge in [0.15, 0.2) is 6.61 Å². The van der Waals surface area contributed by atoms with E-state index >= 15 is 0 Å². The number of carbonyl (C=O) groups excluding carboxylic acids is 1. The third-order valence-corrected chi connectivity index (χ3v) is 4.30. The molecule has 2 aromatic carbocycles. The lowest BCUT2D eigenvalue weighted by molar-refractivity contribution is -0.134. The van der Waals surface area contributed by atoms with Crippen LogP contribution in [-0.2, 0) is 4.79 Å². The van der Waals surface area contributed by atoms with Gasteiger partial charge in [0.05, 0.1) is 6.61 Å². The molecule has 0 radical (unpaired) electrons. The van der Waals surface area contributed by atoms with Crippen LogP contribution in [0.3, 0.4) is 0 Å². The average Bonchev–Trinajstić information content (AvgIpc) is 2.66. The highest BCUT2D eigenvalue weighted by atomic mass is 16.5. The van der Waals surface area contributed by atoms with Crippen LogP contribution in [-0.4, -0.2) is 37.1 Å². The van der Waals surface area contributed by atoms with E-state index in [1.54, 1.807) is 0 Å². The van der Waals surface area contributed by atoms with Crippen LogP contribution in [0.5, 0.6) is 11.5 Å². The van der Waals surface area contributed by atoms with Crippen molar-refractivity contribution in [1.82, 2.24) is 4.90 Å². The zero-order chi connectivity index (χ0) is 16.6. The third kappa shape index (κ3) is 4.75. The average molecular weight is 325 g/mol. The highest BCUT2D eigenvalue weighted by Crippen LogP contribution is 2.19. The van der Waals surface area contributed by atoms with Gasteiger partial charge in [0.1, 0.15) is 11.5 Å². The zero-order valence-corrected chi connectivity index (χ0v) is 13.8. The lowest BCUT2D eigenvalue weighted by Crippen LogP contribution is -2.41. The van der Waals surface area contributed by atoms with Gasteiger partial charge in [0.25, 0.3) is 5.91 Å². The highest BCUT2D eigenvalue weighted by Gasteiger charge is 2.23. The van der Waals surface area contributed by atoms with Gasteiger partial charge in [0.2, 0.25) is 0 Å². The van der Waals surface area contributed by atoms with E-state index in [0.717, 1.165) is 37.4 Å². The summed E-state index contributed by atoms with van der Waals surface area (Å²) in [6.07, 6.45) is 1.95. The first-order valence-electron chi connectivity index (χ1n) is 8.45. The van der Waals surface area contributed by atoms with Crippen molar-refractivity contribution in [1.29, 1.82) is 0 Å². The second kappa shape index (κ2) is 8.39. The van der Waals surface area contributed by atoms with E-state index in [1.807, 2.05) is 65.6 Å². The molecule has 0 atom stereocenters. The Kier molecular flexibility index (Phi) is 5.72. The first-order chi connectivity index (χ1) is 11.8. The molecule has 2 aromatic rings. The van der Waals surface area contributed by atoms with E-state index in [-0.39, 0.29) is 12.5 Å². The third-order valence-electron chi connectivity index (χ3n) is 4.30. The Balaban J connectivity index is 1.37. The molecule has 126 valence electrons. The molecule has 0 saturated carbocycles. The van der Waals surface area contributed by atoms with Crippen molar-refractivity contribution in [2.45, 2.75) is 12.8 Å². The minimum absolute atomic E-state index is 0.0567. The van der Waals surface area contributed by atoms with Crippen molar-refractivity contribution in [3.05, 3.63) is 60.7 Å². The molecule has 1 fully saturated rings. The Morgan fingerprint density at radius 3 is 2.00 bits per heavy atom. The minimum atomic E-state index is 0.0567. The molecule has 0 unspecified atom stereocenters. The van der Waals surface area contributed by atoms with Crippen LogP contribution in [0.1, 0.15) is 12.8 Å². The molecule has 1 aliphatic heterocycles. The standard InChI is InChI=1S/C20H23NO3/c22-20(16-24-19-9-5-2-6-10-19)21-13-11-17(12-14-21)15-23-18-7-3-1-4-8-18/h1-10,17H,11-16H2. The van der Waals surface area contributed by atoms with Crippen molar-refractivity contribution < 1.29 is 14.3 Å². The van der Waals surface area contributed by atoms with Crippen LogP contribution in [0.15, 0.2) is 60.7 Å². The van der Waals surface area contributed by atoms with Crippen LogP contribution in [0.2, 0.25) is 0 Å². The molecule has 1 saturated heterocycles. The smallest absolute Gasteiger partial charge is 0.260 e. The summed E-state index contributed by atoms with van der Waals surface area (Å²) in [6, 6.07) is 19.3. The summed E-state index contributed by atoms with van der Waals surface area (Å²) in [5.74, 6) is 2.20. The van der Waals surface area contributed by atoms with Gasteiger partial charge in [-0.25, -0.2) is 0 Å². The maximum atomic E-state index is 12.2. The Hall–Kier alpha value is -2.49. The van der Waals surface area contributed by atoms with Gasteiger partial charge in [0, 0.05) is 13.1 Å². The molecule has 24 heavy (non-hydrogen) atoms. The van der Waals surface area contributed by atoms with E-state index in [4.69, 9.17) is 9.47 Å². The quantitative estimate of drug-likeness (QED) is 0.817. The lowest BCUT2D eigenvalue weighted by atomic mass is 9.98. The molecule has 1 aliphatic rings. The summed E-state index contributed by atoms with van der Waals surface area (Å²) >= 11 is 0. The number of hydrogen-bond acceptors (Lipinski definition) is 3. The van der Waals surface area contributed by atoms with Crippen LogP contribution < -0.4 is 9.47 Å². The molecule has 4 heteroatoms. The summed E-state index contributed by atoms with van der Waals surface area (Å²) in [4.78, 5) is 14.1. The first kappa shape index (κ1) is 16.4. The molecule has 0 spiro atoms. The van der Waals surface area contributed by atoms with Gasteiger partial charge >= 0.3 is 0 Å². The predicted molar refractivity (Wildman–Crippen MR) is 93.2 cm³/mol. The maximum Gasteiger partial charge on any atom is 0.260 e. The molecule has 0 N–H and O–H groups in total. The van der Waals surface area contributed by atoms with E-state index in [2.05, 4.69) is 0 Å². The monoisotopic (exact) mass is 325 g/mol. The number of piperidine rings is 1. The molecule has 4 nitrogen and oxygen atoms in total. The van der Waals surface area contributed by atoms with E-state index < -0.39 is 0 Å². The highest BCUT2D eigenvalue weighted by molar-refractivity contribution is 5.77. The second-order valence-electron chi connectivity index (χ2n) is 6.05. The number of ether oxygens (including phenoxy) is 2. The van der Waals surface area contributed by atoms with Gasteiger partial charge in [-0.3, -0.25) is 4.79 Å². The van der Waals surface area contributed by atoms with E-state index in [0.29, 0.717) is 12.5 Å². The molecule has 1 amide bonds. The normalized spacial score (nSPS) is 15.1. The number of nitrogens with zero attached hydrogens (tertiary/aromatic N) is 1. The molecule has 1 heterocycles. The number of para-hydroxylation sites is 2. The molecule has 0 aliphatic carbocycles. The van der Waals surface area contributed by atoms with Crippen LogP contribution in [0.4, 0.5) is 0 Å². The number of carbonyl (C=O) groups is 1. The summed E-state index contributed by atoms with van der Waals surface area (Å²) < 4.78 is 11.4. The second-order valence-corrected chi connectivity index (χ2v) is 6.05. The van der Waals surface area contributed by atoms with Crippen molar-refractivity contribution in [3.8, 4) is 11.5 Å². The number of benzene rings is 2. The van der Waals surface area contributed by atoms with Gasteiger partial charge in [-0.1, -0.05) is 36.4 Å². The molecule has 0 bridgehead atoms. The van der Waals surface area contributed by atoms with E-state index in [9.17, 15) is 4.79 Å². The van der Waals surface area contributed by atoms with Crippen LogP contribution in [0, 0.1) is 5.92 Å². The molecule has 0 aromatic heterocycles. The Morgan fingerprint density at radius 1 is 0.875 bits per heavy atom. The molecular formula is C20H23NO3. The number of likely N-dealkylation sites (tertiary alicyclic amines) is 1. The maximum absolute atomic E-state index is 12.2. The summed E-state index contributed by atoms with van der Waals surface area (Å²) in [5, 5.41) is 0. The Labute approximate surface area is 143 Å². The molecular weight excluding hydrogens is 302 g/mol. The lowest BCUT2D eigenvalue weighted by Gasteiger charge is -2.31. The van der Waals surface area contributed by atoms with E-state index in [1.165, 1.54) is 0 Å². The van der Waals surface area contributed by atoms with Crippen LogP contribution >= 0.6 is 0 Å². The summed E-state index contributed by atoms with van der Waals surface area (Å²) in [5.41, 5.74) is 0. The number of amides is 1. The molecule has 3 rings (SSSR count). The Bertz CT molecular complexity index is 622. The number of hydrogen-bond donors (Lipinski definition) is 0. The van der Waals surface area contributed by atoms with Crippen LogP contribution in [0.25, 0.3) is 0 Å². The topological polar surface area (TPSA) is 38.8 Å². The van der Waals surface area contributed by atoms with Crippen molar-refractivity contribution in [2.75, 3.05) is 26.3 Å². The number of rotatable bonds is 6. The zero-order valence-electron chi connectivity index (χ0n) is 13.8. The first-order valence-corrected chi connectivity index (χ1v) is 8.45. The Morgan fingerprint density at radius 2 is 1.42 bits per heavy atom. The van der Waals surface area contributed by atoms with Gasteiger partial charge in [-0.2, -0.15) is 0 Å². The van der Waals surface area contributed by atoms with Gasteiger partial charge < -0.3 is 14.4 Å². The predicted octanol–water partition coefficient (Wildman–Crippen LogP) is 3.38. The fourth-order valence-corrected chi connectivity index (χ4v) is 2.83. The minimum Gasteiger partial charge on any atom is -0.493 e. The summed E-state index contributed by atoms with van der Waals surface area (Å²) in [7, 11) is 0.